The molecule has 0 spiro atoms. The van der Waals surface area contributed by atoms with Crippen molar-refractivity contribution in [3.05, 3.63) is 87.7 Å². The normalized spacial score (nSPS) is 10.4. The zero-order chi connectivity index (χ0) is 26.9. The van der Waals surface area contributed by atoms with Crippen LogP contribution in [0.15, 0.2) is 60.7 Å². The van der Waals surface area contributed by atoms with E-state index in [9.17, 15) is 18.8 Å². The van der Waals surface area contributed by atoms with Crippen molar-refractivity contribution >= 4 is 52.6 Å². The summed E-state index contributed by atoms with van der Waals surface area (Å²) < 4.78 is 13.2. The predicted molar refractivity (Wildman–Crippen MR) is 142 cm³/mol. The molecular formula is C25H23Cl2FN6O3. The highest BCUT2D eigenvalue weighted by Gasteiger charge is 2.17. The fourth-order valence-corrected chi connectivity index (χ4v) is 3.94. The second-order valence-corrected chi connectivity index (χ2v) is 8.54. The minimum Gasteiger partial charge on any atom is -0.370 e. The zero-order valence-electron chi connectivity index (χ0n) is 19.3. The largest absolute Gasteiger partial charge is 0.370 e. The second kappa shape index (κ2) is 12.7. The van der Waals surface area contributed by atoms with Gasteiger partial charge < -0.3 is 27.0 Å². The first kappa shape index (κ1) is 27.4. The highest BCUT2D eigenvalue weighted by Crippen LogP contribution is 2.31. The van der Waals surface area contributed by atoms with E-state index in [1.54, 1.807) is 42.5 Å². The third kappa shape index (κ3) is 7.92. The Morgan fingerprint density at radius 2 is 1.49 bits per heavy atom. The van der Waals surface area contributed by atoms with Crippen LogP contribution in [0.4, 0.5) is 10.1 Å². The SMILES string of the molecule is N=C(N)Nc1cccc(C(=O)NCC(=O)NCCNC(=O)c2c(Cl)cc(-c3ccc(F)cc3)cc2Cl)c1. The topological polar surface area (TPSA) is 149 Å². The molecule has 0 heterocycles. The van der Waals surface area contributed by atoms with Gasteiger partial charge in [0.15, 0.2) is 5.96 Å². The maximum atomic E-state index is 13.2. The molecule has 0 aliphatic carbocycles. The number of carbonyl (C=O) groups excluding carboxylic acids is 3. The first-order valence-electron chi connectivity index (χ1n) is 10.9. The van der Waals surface area contributed by atoms with E-state index in [-0.39, 0.29) is 52.6 Å². The predicted octanol–water partition coefficient (Wildman–Crippen LogP) is 3.38. The lowest BCUT2D eigenvalue weighted by atomic mass is 10.0. The third-order valence-electron chi connectivity index (χ3n) is 4.99. The third-order valence-corrected chi connectivity index (χ3v) is 5.59. The Hall–Kier alpha value is -4.15. The lowest BCUT2D eigenvalue weighted by molar-refractivity contribution is -0.120. The average molecular weight is 545 g/mol. The summed E-state index contributed by atoms with van der Waals surface area (Å²) in [4.78, 5) is 36.9. The average Bonchev–Trinajstić information content (AvgIpc) is 2.85. The van der Waals surface area contributed by atoms with Crippen LogP contribution in [0, 0.1) is 11.2 Å². The summed E-state index contributed by atoms with van der Waals surface area (Å²) in [6.07, 6.45) is 0. The number of hydrogen-bond acceptors (Lipinski definition) is 4. The zero-order valence-corrected chi connectivity index (χ0v) is 20.8. The molecule has 0 unspecified atom stereocenters. The van der Waals surface area contributed by atoms with Crippen molar-refractivity contribution in [2.75, 3.05) is 25.0 Å². The molecular weight excluding hydrogens is 522 g/mol. The van der Waals surface area contributed by atoms with E-state index >= 15 is 0 Å². The minimum atomic E-state index is -0.526. The smallest absolute Gasteiger partial charge is 0.254 e. The number of carbonyl (C=O) groups is 3. The van der Waals surface area contributed by atoms with Crippen LogP contribution in [0.2, 0.25) is 10.0 Å². The van der Waals surface area contributed by atoms with Crippen molar-refractivity contribution in [2.24, 2.45) is 5.73 Å². The van der Waals surface area contributed by atoms with E-state index in [1.807, 2.05) is 0 Å². The summed E-state index contributed by atoms with van der Waals surface area (Å²) in [6, 6.07) is 15.2. The van der Waals surface area contributed by atoms with Crippen LogP contribution in [-0.4, -0.2) is 43.3 Å². The Labute approximate surface area is 222 Å². The molecule has 7 N–H and O–H groups in total. The lowest BCUT2D eigenvalue weighted by Gasteiger charge is -2.12. The molecule has 0 aliphatic rings. The highest BCUT2D eigenvalue weighted by molar-refractivity contribution is 6.40. The molecule has 9 nitrogen and oxygen atoms in total. The van der Waals surface area contributed by atoms with Gasteiger partial charge in [-0.15, -0.1) is 0 Å². The van der Waals surface area contributed by atoms with Gasteiger partial charge in [-0.1, -0.05) is 41.4 Å². The number of hydrogen-bond donors (Lipinski definition) is 6. The minimum absolute atomic E-state index is 0.0780. The fourth-order valence-electron chi connectivity index (χ4n) is 3.28. The Morgan fingerprint density at radius 3 is 2.14 bits per heavy atom. The summed E-state index contributed by atoms with van der Waals surface area (Å²) in [5, 5.41) is 17.7. The molecule has 192 valence electrons. The highest BCUT2D eigenvalue weighted by atomic mass is 35.5. The van der Waals surface area contributed by atoms with E-state index in [0.29, 0.717) is 16.8 Å². The number of anilines is 1. The van der Waals surface area contributed by atoms with Gasteiger partial charge in [0.25, 0.3) is 11.8 Å². The molecule has 0 aliphatic heterocycles. The van der Waals surface area contributed by atoms with Crippen LogP contribution in [0.1, 0.15) is 20.7 Å². The van der Waals surface area contributed by atoms with Crippen LogP contribution >= 0.6 is 23.2 Å². The van der Waals surface area contributed by atoms with Crippen LogP contribution in [0.5, 0.6) is 0 Å². The summed E-state index contributed by atoms with van der Waals surface area (Å²) in [7, 11) is 0. The van der Waals surface area contributed by atoms with Gasteiger partial charge in [-0.2, -0.15) is 0 Å². The molecule has 3 aromatic rings. The second-order valence-electron chi connectivity index (χ2n) is 7.73. The Balaban J connectivity index is 1.45. The maximum absolute atomic E-state index is 13.2. The van der Waals surface area contributed by atoms with Crippen molar-refractivity contribution in [3.8, 4) is 11.1 Å². The van der Waals surface area contributed by atoms with Gasteiger partial charge >= 0.3 is 0 Å². The fraction of sp³-hybridized carbons (Fsp3) is 0.120. The van der Waals surface area contributed by atoms with E-state index in [2.05, 4.69) is 21.3 Å². The summed E-state index contributed by atoms with van der Waals surface area (Å²) in [5.74, 6) is -2.11. The molecule has 12 heteroatoms. The van der Waals surface area contributed by atoms with E-state index < -0.39 is 17.7 Å². The van der Waals surface area contributed by atoms with Crippen molar-refractivity contribution in [3.63, 3.8) is 0 Å². The number of nitrogens with two attached hydrogens (primary N) is 1. The molecule has 0 radical (unpaired) electrons. The monoisotopic (exact) mass is 544 g/mol. The molecule has 0 fully saturated rings. The number of rotatable bonds is 9. The molecule has 37 heavy (non-hydrogen) atoms. The van der Waals surface area contributed by atoms with Gasteiger partial charge in [0, 0.05) is 24.3 Å². The van der Waals surface area contributed by atoms with Crippen molar-refractivity contribution in [2.45, 2.75) is 0 Å². The van der Waals surface area contributed by atoms with Gasteiger partial charge in [-0.3, -0.25) is 19.8 Å². The van der Waals surface area contributed by atoms with Crippen molar-refractivity contribution in [1.82, 2.24) is 16.0 Å². The van der Waals surface area contributed by atoms with E-state index in [0.717, 1.165) is 0 Å². The molecule has 3 rings (SSSR count). The molecule has 0 saturated heterocycles. The van der Waals surface area contributed by atoms with Gasteiger partial charge in [-0.05, 0) is 53.6 Å². The van der Waals surface area contributed by atoms with Crippen LogP contribution < -0.4 is 27.0 Å². The van der Waals surface area contributed by atoms with Crippen LogP contribution in [0.25, 0.3) is 11.1 Å². The first-order valence-corrected chi connectivity index (χ1v) is 11.7. The Morgan fingerprint density at radius 1 is 0.838 bits per heavy atom. The van der Waals surface area contributed by atoms with Gasteiger partial charge in [0.2, 0.25) is 5.91 Å². The number of halogens is 3. The van der Waals surface area contributed by atoms with Gasteiger partial charge in [0.1, 0.15) is 5.82 Å². The molecule has 0 saturated carbocycles. The van der Waals surface area contributed by atoms with Crippen molar-refractivity contribution < 1.29 is 18.8 Å². The molecule has 0 atom stereocenters. The standard InChI is InChI=1S/C25H23Cl2FN6O3/c26-19-11-16(14-4-6-17(28)7-5-14)12-20(27)22(19)24(37)32-9-8-31-21(35)13-33-23(36)15-2-1-3-18(10-15)34-25(29)30/h1-7,10-12H,8-9,13H2,(H,31,35)(H,32,37)(H,33,36)(H4,29,30,34). The van der Waals surface area contributed by atoms with E-state index in [1.165, 1.54) is 18.2 Å². The van der Waals surface area contributed by atoms with Gasteiger partial charge in [-0.25, -0.2) is 4.39 Å². The maximum Gasteiger partial charge on any atom is 0.254 e. The Bertz CT molecular complexity index is 1310. The quantitative estimate of drug-likeness (QED) is 0.139. The van der Waals surface area contributed by atoms with Crippen LogP contribution in [0.3, 0.4) is 0 Å². The molecule has 0 bridgehead atoms. The molecule has 3 amide bonds. The first-order chi connectivity index (χ1) is 17.6. The summed E-state index contributed by atoms with van der Waals surface area (Å²) >= 11 is 12.6. The number of guanidine groups is 1. The number of benzene rings is 3. The lowest BCUT2D eigenvalue weighted by Crippen LogP contribution is -2.40. The van der Waals surface area contributed by atoms with Crippen molar-refractivity contribution in [1.29, 1.82) is 5.41 Å². The summed E-state index contributed by atoms with van der Waals surface area (Å²) in [5.41, 5.74) is 7.41. The number of amides is 3. The number of nitrogens with one attached hydrogen (secondary N) is 5. The Kier molecular flexibility index (Phi) is 9.42. The molecule has 0 aromatic heterocycles. The van der Waals surface area contributed by atoms with Crippen LogP contribution in [-0.2, 0) is 4.79 Å². The summed E-state index contributed by atoms with van der Waals surface area (Å²) in [6.45, 7) is -0.0926. The van der Waals surface area contributed by atoms with Gasteiger partial charge in [0.05, 0.1) is 22.2 Å². The molecule has 3 aromatic carbocycles. The van der Waals surface area contributed by atoms with E-state index in [4.69, 9.17) is 34.3 Å².